The molecule has 2 N–H and O–H groups in total. The molecule has 1 atom stereocenters. The molecular weight excluding hydrogens is 236 g/mol. The number of aromatic nitrogens is 3. The van der Waals surface area contributed by atoms with E-state index >= 15 is 0 Å². The van der Waals surface area contributed by atoms with Gasteiger partial charge in [0.1, 0.15) is 0 Å². The van der Waals surface area contributed by atoms with Crippen molar-refractivity contribution in [1.82, 2.24) is 20.3 Å². The molecule has 0 aliphatic heterocycles. The highest BCUT2D eigenvalue weighted by molar-refractivity contribution is 7.10. The Labute approximate surface area is 104 Å². The molecule has 0 aromatic carbocycles. The van der Waals surface area contributed by atoms with E-state index in [0.29, 0.717) is 19.1 Å². The van der Waals surface area contributed by atoms with Gasteiger partial charge in [0.2, 0.25) is 0 Å². The van der Waals surface area contributed by atoms with Crippen LogP contribution in [0.15, 0.2) is 23.7 Å². The summed E-state index contributed by atoms with van der Waals surface area (Å²) >= 11 is 1.74. The molecule has 2 aromatic rings. The lowest BCUT2D eigenvalue weighted by Gasteiger charge is -2.09. The van der Waals surface area contributed by atoms with Crippen LogP contribution in [0.3, 0.4) is 0 Å². The van der Waals surface area contributed by atoms with E-state index in [2.05, 4.69) is 40.1 Å². The first-order valence-electron chi connectivity index (χ1n) is 5.56. The molecule has 0 saturated carbocycles. The predicted molar refractivity (Wildman–Crippen MR) is 66.7 cm³/mol. The van der Waals surface area contributed by atoms with E-state index in [4.69, 9.17) is 5.11 Å². The Morgan fingerprint density at radius 2 is 2.47 bits per heavy atom. The summed E-state index contributed by atoms with van der Waals surface area (Å²) < 4.78 is 1.65. The summed E-state index contributed by atoms with van der Waals surface area (Å²) in [6, 6.07) is 4.48. The molecule has 0 radical (unpaired) electrons. The zero-order chi connectivity index (χ0) is 12.1. The average Bonchev–Trinajstić information content (AvgIpc) is 2.97. The number of rotatable bonds is 6. The second-order valence-corrected chi connectivity index (χ2v) is 4.79. The third-order valence-electron chi connectivity index (χ3n) is 2.47. The van der Waals surface area contributed by atoms with Gasteiger partial charge in [-0.25, -0.2) is 4.68 Å². The summed E-state index contributed by atoms with van der Waals surface area (Å²) in [5.41, 5.74) is 0.891. The quantitative estimate of drug-likeness (QED) is 0.810. The van der Waals surface area contributed by atoms with Gasteiger partial charge in [-0.3, -0.25) is 0 Å². The van der Waals surface area contributed by atoms with Crippen LogP contribution in [0.4, 0.5) is 0 Å². The highest BCUT2D eigenvalue weighted by Gasteiger charge is 2.07. The number of aliphatic hydroxyl groups is 1. The van der Waals surface area contributed by atoms with Crippen LogP contribution >= 0.6 is 11.3 Å². The number of hydrogen-bond acceptors (Lipinski definition) is 5. The molecule has 2 rings (SSSR count). The van der Waals surface area contributed by atoms with Gasteiger partial charge in [-0.1, -0.05) is 11.3 Å². The SMILES string of the molecule is C[C@H](NCc1cn(CCO)nn1)c1cccs1. The van der Waals surface area contributed by atoms with Gasteiger partial charge in [-0.15, -0.1) is 16.4 Å². The molecule has 0 aliphatic rings. The fraction of sp³-hybridized carbons (Fsp3) is 0.455. The van der Waals surface area contributed by atoms with E-state index in [1.54, 1.807) is 16.0 Å². The third kappa shape index (κ3) is 3.36. The van der Waals surface area contributed by atoms with Gasteiger partial charge in [0, 0.05) is 23.7 Å². The maximum absolute atomic E-state index is 8.77. The van der Waals surface area contributed by atoms with Crippen molar-refractivity contribution < 1.29 is 5.11 Å². The zero-order valence-corrected chi connectivity index (χ0v) is 10.5. The Morgan fingerprint density at radius 3 is 3.18 bits per heavy atom. The number of hydrogen-bond donors (Lipinski definition) is 2. The summed E-state index contributed by atoms with van der Waals surface area (Å²) in [7, 11) is 0. The Bertz CT molecular complexity index is 440. The van der Waals surface area contributed by atoms with Crippen molar-refractivity contribution in [3.05, 3.63) is 34.3 Å². The van der Waals surface area contributed by atoms with Crippen molar-refractivity contribution in [1.29, 1.82) is 0 Å². The number of nitrogens with one attached hydrogen (secondary N) is 1. The number of thiophene rings is 1. The lowest BCUT2D eigenvalue weighted by atomic mass is 10.2. The van der Waals surface area contributed by atoms with Gasteiger partial charge in [0.05, 0.1) is 18.8 Å². The minimum atomic E-state index is 0.0851. The number of nitrogens with zero attached hydrogens (tertiary/aromatic N) is 3. The Kier molecular flexibility index (Phi) is 4.24. The second-order valence-electron chi connectivity index (χ2n) is 3.81. The van der Waals surface area contributed by atoms with Crippen molar-refractivity contribution in [2.75, 3.05) is 6.61 Å². The first-order valence-corrected chi connectivity index (χ1v) is 6.44. The second kappa shape index (κ2) is 5.90. The van der Waals surface area contributed by atoms with E-state index in [1.807, 2.05) is 6.20 Å². The maximum atomic E-state index is 8.77. The summed E-state index contributed by atoms with van der Waals surface area (Å²) in [5, 5.41) is 22.2. The Balaban J connectivity index is 1.84. The zero-order valence-electron chi connectivity index (χ0n) is 9.71. The van der Waals surface area contributed by atoms with Crippen molar-refractivity contribution in [2.45, 2.75) is 26.1 Å². The van der Waals surface area contributed by atoms with E-state index in [9.17, 15) is 0 Å². The van der Waals surface area contributed by atoms with Gasteiger partial charge < -0.3 is 10.4 Å². The molecule has 0 aliphatic carbocycles. The van der Waals surface area contributed by atoms with Crippen LogP contribution < -0.4 is 5.32 Å². The van der Waals surface area contributed by atoms with Crippen molar-refractivity contribution >= 4 is 11.3 Å². The topological polar surface area (TPSA) is 63.0 Å². The Hall–Kier alpha value is -1.24. The normalized spacial score (nSPS) is 12.8. The van der Waals surface area contributed by atoms with Gasteiger partial charge in [0.25, 0.3) is 0 Å². The van der Waals surface area contributed by atoms with Gasteiger partial charge in [-0.05, 0) is 18.4 Å². The molecule has 17 heavy (non-hydrogen) atoms. The molecule has 5 nitrogen and oxygen atoms in total. The van der Waals surface area contributed by atoms with E-state index in [0.717, 1.165) is 5.69 Å². The average molecular weight is 252 g/mol. The molecule has 0 unspecified atom stereocenters. The van der Waals surface area contributed by atoms with Crippen LogP contribution in [0.2, 0.25) is 0 Å². The van der Waals surface area contributed by atoms with Crippen LogP contribution in [0.5, 0.6) is 0 Å². The molecule has 0 fully saturated rings. The van der Waals surface area contributed by atoms with Crippen molar-refractivity contribution in [3.8, 4) is 0 Å². The minimum absolute atomic E-state index is 0.0851. The fourth-order valence-corrected chi connectivity index (χ4v) is 2.29. The highest BCUT2D eigenvalue weighted by atomic mass is 32.1. The summed E-state index contributed by atoms with van der Waals surface area (Å²) in [6.07, 6.45) is 1.85. The first kappa shape index (κ1) is 12.2. The lowest BCUT2D eigenvalue weighted by Crippen LogP contribution is -2.17. The molecule has 0 spiro atoms. The maximum Gasteiger partial charge on any atom is 0.0965 e. The molecule has 0 saturated heterocycles. The molecular formula is C11H16N4OS. The molecule has 6 heteroatoms. The van der Waals surface area contributed by atoms with Gasteiger partial charge in [0.15, 0.2) is 0 Å². The smallest absolute Gasteiger partial charge is 0.0965 e. The van der Waals surface area contributed by atoms with Crippen LogP contribution in [0.25, 0.3) is 0 Å². The van der Waals surface area contributed by atoms with Crippen LogP contribution in [-0.2, 0) is 13.1 Å². The lowest BCUT2D eigenvalue weighted by molar-refractivity contribution is 0.268. The van der Waals surface area contributed by atoms with Crippen LogP contribution in [0.1, 0.15) is 23.5 Å². The predicted octanol–water partition coefficient (Wildman–Crippen LogP) is 1.18. The summed E-state index contributed by atoms with van der Waals surface area (Å²) in [4.78, 5) is 1.31. The molecule has 92 valence electrons. The fourth-order valence-electron chi connectivity index (χ4n) is 1.53. The first-order chi connectivity index (χ1) is 8.29. The summed E-state index contributed by atoms with van der Waals surface area (Å²) in [6.45, 7) is 3.39. The van der Waals surface area contributed by atoms with E-state index in [-0.39, 0.29) is 6.61 Å². The summed E-state index contributed by atoms with van der Waals surface area (Å²) in [5.74, 6) is 0. The van der Waals surface area contributed by atoms with Gasteiger partial charge >= 0.3 is 0 Å². The highest BCUT2D eigenvalue weighted by Crippen LogP contribution is 2.18. The van der Waals surface area contributed by atoms with Crippen LogP contribution in [-0.4, -0.2) is 26.7 Å². The number of aliphatic hydroxyl groups excluding tert-OH is 1. The van der Waals surface area contributed by atoms with Crippen molar-refractivity contribution in [2.24, 2.45) is 0 Å². The molecule has 2 aromatic heterocycles. The third-order valence-corrected chi connectivity index (χ3v) is 3.53. The monoisotopic (exact) mass is 252 g/mol. The van der Waals surface area contributed by atoms with E-state index < -0.39 is 0 Å². The van der Waals surface area contributed by atoms with E-state index in [1.165, 1.54) is 4.88 Å². The van der Waals surface area contributed by atoms with Gasteiger partial charge in [-0.2, -0.15) is 0 Å². The minimum Gasteiger partial charge on any atom is -0.394 e. The van der Waals surface area contributed by atoms with Crippen LogP contribution in [0, 0.1) is 0 Å². The largest absolute Gasteiger partial charge is 0.394 e. The standard InChI is InChI=1S/C11H16N4OS/c1-9(11-3-2-6-17-11)12-7-10-8-15(4-5-16)14-13-10/h2-3,6,8-9,12,16H,4-5,7H2,1H3/t9-/m0/s1. The molecule has 0 amide bonds. The Morgan fingerprint density at radius 1 is 1.59 bits per heavy atom. The van der Waals surface area contributed by atoms with Crippen molar-refractivity contribution in [3.63, 3.8) is 0 Å². The molecule has 2 heterocycles. The molecule has 0 bridgehead atoms.